The molecule has 30 heavy (non-hydrogen) atoms. The van der Waals surface area contributed by atoms with E-state index in [1.807, 2.05) is 0 Å². The van der Waals surface area contributed by atoms with E-state index >= 15 is 0 Å². The maximum absolute atomic E-state index is 12.4. The van der Waals surface area contributed by atoms with Gasteiger partial charge in [-0.15, -0.1) is 0 Å². The highest BCUT2D eigenvalue weighted by molar-refractivity contribution is 5.77. The van der Waals surface area contributed by atoms with Crippen LogP contribution in [-0.2, 0) is 49.3 Å². The van der Waals surface area contributed by atoms with Gasteiger partial charge in [0.1, 0.15) is 6.10 Å². The third kappa shape index (κ3) is 5.69. The van der Waals surface area contributed by atoms with E-state index in [1.54, 1.807) is 24.3 Å². The fraction of sp³-hybridized carbons (Fsp3) is 0.500. The lowest BCUT2D eigenvalue weighted by Crippen LogP contribution is -2.63. The summed E-state index contributed by atoms with van der Waals surface area (Å²) in [5.41, 5.74) is 7.13. The molecule has 0 radical (unpaired) electrons. The molecule has 0 amide bonds. The monoisotopic (exact) mass is 423 g/mol. The number of nitrogens with two attached hydrogens (primary N) is 1. The average molecular weight is 423 g/mol. The summed E-state index contributed by atoms with van der Waals surface area (Å²) >= 11 is 0. The van der Waals surface area contributed by atoms with Crippen molar-refractivity contribution in [1.82, 2.24) is 0 Å². The summed E-state index contributed by atoms with van der Waals surface area (Å²) in [6.07, 6.45) is -6.08. The summed E-state index contributed by atoms with van der Waals surface area (Å²) < 4.78 is 26.5. The van der Waals surface area contributed by atoms with E-state index in [-0.39, 0.29) is 6.42 Å². The molecule has 2 N–H and O–H groups in total. The smallest absolute Gasteiger partial charge is 0.339 e. The van der Waals surface area contributed by atoms with Crippen molar-refractivity contribution in [3.63, 3.8) is 0 Å². The topological polar surface area (TPSA) is 140 Å². The molecule has 1 fully saturated rings. The number of carbonyl (C=O) groups excluding carboxylic acids is 4. The summed E-state index contributed by atoms with van der Waals surface area (Å²) in [6, 6.07) is 6.94. The van der Waals surface area contributed by atoms with Crippen molar-refractivity contribution in [3.05, 3.63) is 29.8 Å². The summed E-state index contributed by atoms with van der Waals surface area (Å²) in [7, 11) is 1.14. The van der Waals surface area contributed by atoms with E-state index in [0.29, 0.717) is 11.3 Å². The molecular formula is C20H25NO9. The van der Waals surface area contributed by atoms with E-state index in [1.165, 1.54) is 6.92 Å². The summed E-state index contributed by atoms with van der Waals surface area (Å²) in [4.78, 5) is 47.5. The first-order chi connectivity index (χ1) is 14.1. The van der Waals surface area contributed by atoms with Crippen molar-refractivity contribution in [2.24, 2.45) is 0 Å². The first-order valence-electron chi connectivity index (χ1n) is 9.22. The van der Waals surface area contributed by atoms with Gasteiger partial charge in [0.25, 0.3) is 0 Å². The van der Waals surface area contributed by atoms with Crippen molar-refractivity contribution in [2.45, 2.75) is 57.7 Å². The molecule has 0 unspecified atom stereocenters. The normalized spacial score (nSPS) is 25.7. The molecule has 164 valence electrons. The third-order valence-corrected chi connectivity index (χ3v) is 4.45. The van der Waals surface area contributed by atoms with Crippen LogP contribution in [0, 0.1) is 0 Å². The van der Waals surface area contributed by atoms with Gasteiger partial charge in [-0.2, -0.15) is 0 Å². The van der Waals surface area contributed by atoms with Crippen LogP contribution in [0.4, 0.5) is 5.69 Å². The van der Waals surface area contributed by atoms with E-state index < -0.39 is 54.4 Å². The minimum Gasteiger partial charge on any atom is -0.467 e. The molecule has 1 aromatic rings. The lowest BCUT2D eigenvalue weighted by molar-refractivity contribution is -0.248. The number of hydrogen-bond acceptors (Lipinski definition) is 10. The molecule has 0 aromatic heterocycles. The summed E-state index contributed by atoms with van der Waals surface area (Å²) in [6.45, 7) is 3.44. The Bertz CT molecular complexity index is 809. The van der Waals surface area contributed by atoms with Crippen LogP contribution in [0.25, 0.3) is 0 Å². The molecule has 0 spiro atoms. The van der Waals surface area contributed by atoms with Crippen molar-refractivity contribution < 1.29 is 42.9 Å². The van der Waals surface area contributed by atoms with Gasteiger partial charge in [0.15, 0.2) is 24.4 Å². The van der Waals surface area contributed by atoms with Crippen LogP contribution < -0.4 is 5.73 Å². The van der Waals surface area contributed by atoms with Gasteiger partial charge in [0.2, 0.25) is 0 Å². The zero-order valence-corrected chi connectivity index (χ0v) is 17.2. The van der Waals surface area contributed by atoms with Gasteiger partial charge in [-0.3, -0.25) is 14.4 Å². The Kier molecular flexibility index (Phi) is 7.76. The van der Waals surface area contributed by atoms with E-state index in [4.69, 9.17) is 29.4 Å². The molecule has 1 aliphatic rings. The van der Waals surface area contributed by atoms with Gasteiger partial charge in [-0.1, -0.05) is 18.2 Å². The number of ether oxygens (including phenoxy) is 5. The second-order valence-corrected chi connectivity index (χ2v) is 6.74. The molecule has 0 bridgehead atoms. The quantitative estimate of drug-likeness (QED) is 0.392. The van der Waals surface area contributed by atoms with Crippen LogP contribution in [0.3, 0.4) is 0 Å². The first kappa shape index (κ1) is 23.1. The van der Waals surface area contributed by atoms with Crippen LogP contribution in [-0.4, -0.2) is 61.5 Å². The molecule has 1 heterocycles. The molecule has 0 saturated carbocycles. The maximum Gasteiger partial charge on any atom is 0.339 e. The van der Waals surface area contributed by atoms with Crippen LogP contribution in [0.15, 0.2) is 24.3 Å². The molecule has 10 nitrogen and oxygen atoms in total. The number of carbonyl (C=O) groups is 4. The predicted octanol–water partition coefficient (Wildman–Crippen LogP) is 0.547. The molecule has 10 heteroatoms. The zero-order valence-electron chi connectivity index (χ0n) is 17.2. The number of esters is 4. The van der Waals surface area contributed by atoms with Gasteiger partial charge in [-0.05, 0) is 11.6 Å². The molecular weight excluding hydrogens is 398 g/mol. The van der Waals surface area contributed by atoms with Gasteiger partial charge in [-0.25, -0.2) is 4.79 Å². The Labute approximate surface area is 173 Å². The van der Waals surface area contributed by atoms with E-state index in [2.05, 4.69) is 0 Å². The van der Waals surface area contributed by atoms with Crippen LogP contribution in [0.5, 0.6) is 0 Å². The van der Waals surface area contributed by atoms with Crippen molar-refractivity contribution in [2.75, 3.05) is 12.8 Å². The van der Waals surface area contributed by atoms with Crippen molar-refractivity contribution >= 4 is 29.6 Å². The zero-order chi connectivity index (χ0) is 22.4. The van der Waals surface area contributed by atoms with Gasteiger partial charge >= 0.3 is 23.9 Å². The molecule has 2 rings (SSSR count). The largest absolute Gasteiger partial charge is 0.467 e. The number of benzene rings is 1. The first-order valence-corrected chi connectivity index (χ1v) is 9.22. The molecule has 0 aliphatic carbocycles. The SMILES string of the molecule is COC(=O)[C@H]1O[C@@H](Cc2ccccc2N)[C@H](OC(C)=O)[C@@H](OC(C)=O)[C@@H]1OC(C)=O. The van der Waals surface area contributed by atoms with Crippen molar-refractivity contribution in [3.8, 4) is 0 Å². The Morgan fingerprint density at radius 3 is 1.97 bits per heavy atom. The highest BCUT2D eigenvalue weighted by Crippen LogP contribution is 2.32. The molecule has 1 aliphatic heterocycles. The number of nitrogen functional groups attached to an aromatic ring is 1. The van der Waals surface area contributed by atoms with Gasteiger partial charge in [0, 0.05) is 32.9 Å². The minimum absolute atomic E-state index is 0.128. The number of anilines is 1. The Balaban J connectivity index is 2.51. The summed E-state index contributed by atoms with van der Waals surface area (Å²) in [5.74, 6) is -2.99. The second kappa shape index (κ2) is 10.1. The highest BCUT2D eigenvalue weighted by Gasteiger charge is 2.54. The van der Waals surface area contributed by atoms with Crippen molar-refractivity contribution in [1.29, 1.82) is 0 Å². The number of hydrogen-bond donors (Lipinski definition) is 1. The Morgan fingerprint density at radius 2 is 1.43 bits per heavy atom. The van der Waals surface area contributed by atoms with Crippen LogP contribution in [0.1, 0.15) is 26.3 Å². The van der Waals surface area contributed by atoms with E-state index in [0.717, 1.165) is 21.0 Å². The minimum atomic E-state index is -1.41. The number of para-hydroxylation sites is 1. The van der Waals surface area contributed by atoms with E-state index in [9.17, 15) is 19.2 Å². The standard InChI is InChI=1S/C20H25NO9/c1-10(22)27-16-15(9-13-7-5-6-8-14(13)21)30-19(20(25)26-4)18(29-12(3)24)17(16)28-11(2)23/h5-8,15-19H,9,21H2,1-4H3/t15-,16-,17+,18-,19-/m0/s1. The average Bonchev–Trinajstić information content (AvgIpc) is 2.66. The van der Waals surface area contributed by atoms with Gasteiger partial charge in [0.05, 0.1) is 7.11 Å². The fourth-order valence-electron chi connectivity index (χ4n) is 3.30. The number of methoxy groups -OCH3 is 1. The maximum atomic E-state index is 12.4. The third-order valence-electron chi connectivity index (χ3n) is 4.45. The predicted molar refractivity (Wildman–Crippen MR) is 102 cm³/mol. The van der Waals surface area contributed by atoms with Crippen LogP contribution >= 0.6 is 0 Å². The fourth-order valence-corrected chi connectivity index (χ4v) is 3.30. The highest BCUT2D eigenvalue weighted by atomic mass is 16.7. The summed E-state index contributed by atoms with van der Waals surface area (Å²) in [5, 5.41) is 0. The van der Waals surface area contributed by atoms with Crippen LogP contribution in [0.2, 0.25) is 0 Å². The molecule has 1 aromatic carbocycles. The Morgan fingerprint density at radius 1 is 0.900 bits per heavy atom. The Hall–Kier alpha value is -3.14. The lowest BCUT2D eigenvalue weighted by atomic mass is 9.90. The second-order valence-electron chi connectivity index (χ2n) is 6.74. The molecule has 5 atom stereocenters. The van der Waals surface area contributed by atoms with Gasteiger partial charge < -0.3 is 29.4 Å². The lowest BCUT2D eigenvalue weighted by Gasteiger charge is -2.43. The molecule has 1 saturated heterocycles. The number of rotatable bonds is 6.